The first kappa shape index (κ1) is 17.8. The molecule has 134 valence electrons. The largest absolute Gasteiger partial charge is 0.373 e. The van der Waals surface area contributed by atoms with Crippen LogP contribution in [0.1, 0.15) is 41.5 Å². The summed E-state index contributed by atoms with van der Waals surface area (Å²) < 4.78 is 0. The number of rotatable bonds is 6. The molecule has 3 heterocycles. The van der Waals surface area contributed by atoms with E-state index in [0.29, 0.717) is 6.04 Å². The van der Waals surface area contributed by atoms with Crippen LogP contribution in [-0.2, 0) is 13.1 Å². The monoisotopic (exact) mass is 340 g/mol. The van der Waals surface area contributed by atoms with Crippen molar-refractivity contribution >= 4 is 5.82 Å². The SMILES string of the molecule is CNc1ncccc1CN1CCC[C@H]1c1nc(C)ncc1CN(C)C. The second kappa shape index (κ2) is 7.89. The summed E-state index contributed by atoms with van der Waals surface area (Å²) in [4.78, 5) is 18.4. The van der Waals surface area contributed by atoms with Crippen LogP contribution in [0.15, 0.2) is 24.5 Å². The lowest BCUT2D eigenvalue weighted by Crippen LogP contribution is -2.26. The summed E-state index contributed by atoms with van der Waals surface area (Å²) in [6, 6.07) is 4.51. The van der Waals surface area contributed by atoms with Crippen LogP contribution < -0.4 is 5.32 Å². The minimum absolute atomic E-state index is 0.349. The van der Waals surface area contributed by atoms with Gasteiger partial charge in [-0.2, -0.15) is 0 Å². The molecule has 0 spiro atoms. The van der Waals surface area contributed by atoms with Crippen LogP contribution in [0.5, 0.6) is 0 Å². The van der Waals surface area contributed by atoms with Gasteiger partial charge in [-0.05, 0) is 46.5 Å². The van der Waals surface area contributed by atoms with Crippen molar-refractivity contribution < 1.29 is 0 Å². The second-order valence-electron chi connectivity index (χ2n) is 6.96. The number of hydrogen-bond acceptors (Lipinski definition) is 6. The highest BCUT2D eigenvalue weighted by atomic mass is 15.2. The van der Waals surface area contributed by atoms with Crippen LogP contribution in [0.4, 0.5) is 5.82 Å². The molecule has 2 aromatic heterocycles. The number of aromatic nitrogens is 3. The third kappa shape index (κ3) is 4.14. The lowest BCUT2D eigenvalue weighted by molar-refractivity contribution is 0.241. The minimum atomic E-state index is 0.349. The topological polar surface area (TPSA) is 57.2 Å². The van der Waals surface area contributed by atoms with Crippen LogP contribution in [0.3, 0.4) is 0 Å². The van der Waals surface area contributed by atoms with Crippen molar-refractivity contribution in [2.45, 2.75) is 38.9 Å². The molecule has 1 saturated heterocycles. The van der Waals surface area contributed by atoms with E-state index in [9.17, 15) is 0 Å². The normalized spacial score (nSPS) is 18.0. The highest BCUT2D eigenvalue weighted by Gasteiger charge is 2.30. The molecule has 6 heteroatoms. The molecular weight excluding hydrogens is 312 g/mol. The molecule has 0 aromatic carbocycles. The molecule has 0 amide bonds. The highest BCUT2D eigenvalue weighted by molar-refractivity contribution is 5.43. The van der Waals surface area contributed by atoms with E-state index >= 15 is 0 Å². The minimum Gasteiger partial charge on any atom is -0.373 e. The lowest BCUT2D eigenvalue weighted by Gasteiger charge is -2.27. The van der Waals surface area contributed by atoms with E-state index in [0.717, 1.165) is 37.7 Å². The number of pyridine rings is 1. The van der Waals surface area contributed by atoms with Crippen LogP contribution in [0.2, 0.25) is 0 Å². The Labute approximate surface area is 150 Å². The van der Waals surface area contributed by atoms with E-state index in [4.69, 9.17) is 4.98 Å². The molecule has 6 nitrogen and oxygen atoms in total. The third-order valence-electron chi connectivity index (χ3n) is 4.69. The van der Waals surface area contributed by atoms with Gasteiger partial charge in [-0.3, -0.25) is 4.90 Å². The molecule has 2 aromatic rings. The predicted octanol–water partition coefficient (Wildman–Crippen LogP) is 2.62. The zero-order chi connectivity index (χ0) is 17.8. The predicted molar refractivity (Wildman–Crippen MR) is 100 cm³/mol. The second-order valence-corrected chi connectivity index (χ2v) is 6.96. The molecule has 0 saturated carbocycles. The van der Waals surface area contributed by atoms with E-state index in [-0.39, 0.29) is 0 Å². The quantitative estimate of drug-likeness (QED) is 0.872. The van der Waals surface area contributed by atoms with Crippen molar-refractivity contribution in [1.29, 1.82) is 0 Å². The van der Waals surface area contributed by atoms with Gasteiger partial charge in [0.05, 0.1) is 11.7 Å². The van der Waals surface area contributed by atoms with Crippen molar-refractivity contribution in [2.75, 3.05) is 33.0 Å². The number of nitrogens with one attached hydrogen (secondary N) is 1. The Morgan fingerprint density at radius 1 is 1.28 bits per heavy atom. The smallest absolute Gasteiger partial charge is 0.130 e. The van der Waals surface area contributed by atoms with Gasteiger partial charge < -0.3 is 10.2 Å². The van der Waals surface area contributed by atoms with Gasteiger partial charge in [-0.1, -0.05) is 6.07 Å². The Hall–Kier alpha value is -2.05. The van der Waals surface area contributed by atoms with E-state index < -0.39 is 0 Å². The molecule has 1 N–H and O–H groups in total. The summed E-state index contributed by atoms with van der Waals surface area (Å²) in [6.07, 6.45) is 6.17. The number of hydrogen-bond donors (Lipinski definition) is 1. The first-order chi connectivity index (χ1) is 12.1. The van der Waals surface area contributed by atoms with Crippen LogP contribution in [0, 0.1) is 6.92 Å². The zero-order valence-corrected chi connectivity index (χ0v) is 15.7. The Kier molecular flexibility index (Phi) is 5.60. The molecule has 0 aliphatic carbocycles. The Morgan fingerprint density at radius 2 is 2.12 bits per heavy atom. The van der Waals surface area contributed by atoms with Gasteiger partial charge in [0.25, 0.3) is 0 Å². The highest BCUT2D eigenvalue weighted by Crippen LogP contribution is 2.34. The molecule has 0 unspecified atom stereocenters. The summed E-state index contributed by atoms with van der Waals surface area (Å²) >= 11 is 0. The van der Waals surface area contributed by atoms with Crippen LogP contribution in [0.25, 0.3) is 0 Å². The van der Waals surface area contributed by atoms with Gasteiger partial charge in [0.15, 0.2) is 0 Å². The third-order valence-corrected chi connectivity index (χ3v) is 4.69. The molecule has 1 aliphatic rings. The fourth-order valence-corrected chi connectivity index (χ4v) is 3.60. The van der Waals surface area contributed by atoms with E-state index in [2.05, 4.69) is 45.2 Å². The van der Waals surface area contributed by atoms with Gasteiger partial charge in [0.2, 0.25) is 0 Å². The fourth-order valence-electron chi connectivity index (χ4n) is 3.60. The Morgan fingerprint density at radius 3 is 2.88 bits per heavy atom. The molecule has 1 aliphatic heterocycles. The van der Waals surface area contributed by atoms with Crippen molar-refractivity contribution in [3.05, 3.63) is 47.2 Å². The number of aryl methyl sites for hydroxylation is 1. The van der Waals surface area contributed by atoms with Gasteiger partial charge in [0.1, 0.15) is 11.6 Å². The first-order valence-corrected chi connectivity index (χ1v) is 8.91. The van der Waals surface area contributed by atoms with Crippen LogP contribution >= 0.6 is 0 Å². The Bertz CT molecular complexity index is 715. The van der Waals surface area contributed by atoms with Crippen molar-refractivity contribution in [1.82, 2.24) is 24.8 Å². The lowest BCUT2D eigenvalue weighted by atomic mass is 10.0. The zero-order valence-electron chi connectivity index (χ0n) is 15.7. The molecule has 0 radical (unpaired) electrons. The molecule has 25 heavy (non-hydrogen) atoms. The maximum atomic E-state index is 4.83. The van der Waals surface area contributed by atoms with Crippen molar-refractivity contribution in [3.63, 3.8) is 0 Å². The average Bonchev–Trinajstić information content (AvgIpc) is 3.04. The number of anilines is 1. The standard InChI is InChI=1S/C19H28N6/c1-14-22-11-16(12-24(3)4)18(23-14)17-8-6-10-25(17)13-15-7-5-9-21-19(15)20-2/h5,7,9,11,17H,6,8,10,12-13H2,1-4H3,(H,20,21)/t17-/m0/s1. The van der Waals surface area contributed by atoms with Gasteiger partial charge in [-0.15, -0.1) is 0 Å². The van der Waals surface area contributed by atoms with Crippen molar-refractivity contribution in [3.8, 4) is 0 Å². The number of likely N-dealkylation sites (tertiary alicyclic amines) is 1. The Balaban J connectivity index is 1.88. The van der Waals surface area contributed by atoms with Gasteiger partial charge >= 0.3 is 0 Å². The number of nitrogens with zero attached hydrogens (tertiary/aromatic N) is 5. The van der Waals surface area contributed by atoms with Gasteiger partial charge in [0, 0.05) is 43.7 Å². The molecular formula is C19H28N6. The summed E-state index contributed by atoms with van der Waals surface area (Å²) in [5, 5.41) is 3.20. The maximum absolute atomic E-state index is 4.83. The van der Waals surface area contributed by atoms with E-state index in [1.54, 1.807) is 0 Å². The summed E-state index contributed by atoms with van der Waals surface area (Å²) in [6.45, 7) is 4.82. The summed E-state index contributed by atoms with van der Waals surface area (Å²) in [5.41, 5.74) is 3.65. The van der Waals surface area contributed by atoms with E-state index in [1.165, 1.54) is 23.2 Å². The van der Waals surface area contributed by atoms with Crippen LogP contribution in [-0.4, -0.2) is 52.4 Å². The van der Waals surface area contributed by atoms with E-state index in [1.807, 2.05) is 32.4 Å². The molecule has 1 atom stereocenters. The summed E-state index contributed by atoms with van der Waals surface area (Å²) in [7, 11) is 6.10. The first-order valence-electron chi connectivity index (χ1n) is 8.91. The fraction of sp³-hybridized carbons (Fsp3) is 0.526. The maximum Gasteiger partial charge on any atom is 0.130 e. The molecule has 3 rings (SSSR count). The van der Waals surface area contributed by atoms with Crippen molar-refractivity contribution in [2.24, 2.45) is 0 Å². The van der Waals surface area contributed by atoms with Gasteiger partial charge in [-0.25, -0.2) is 15.0 Å². The molecule has 1 fully saturated rings. The summed E-state index contributed by atoms with van der Waals surface area (Å²) in [5.74, 6) is 1.81. The molecule has 0 bridgehead atoms. The average molecular weight is 340 g/mol.